The SMILES string of the molecule is CCCCCCCCCCCCCCCCC/C=C/CC/C=C/CC/C=C/C(O)C(COP(=O)(O)OCC[N+](C)(C)C)NC(=O)CCCCCCCCCCCCCCCCCCCCCCCC. The maximum atomic E-state index is 13.0. The van der Waals surface area contributed by atoms with E-state index in [2.05, 4.69) is 43.5 Å². The zero-order valence-electron chi connectivity index (χ0n) is 46.6. The van der Waals surface area contributed by atoms with E-state index in [1.807, 2.05) is 27.2 Å². The number of amides is 1. The number of phosphoric ester groups is 1. The molecule has 0 heterocycles. The molecule has 408 valence electrons. The van der Waals surface area contributed by atoms with Crippen molar-refractivity contribution in [3.63, 3.8) is 0 Å². The van der Waals surface area contributed by atoms with Crippen LogP contribution in [0.15, 0.2) is 36.5 Å². The number of rotatable bonds is 55. The number of allylic oxidation sites excluding steroid dienone is 5. The summed E-state index contributed by atoms with van der Waals surface area (Å²) >= 11 is 0. The average molecular weight is 995 g/mol. The summed E-state index contributed by atoms with van der Waals surface area (Å²) in [4.78, 5) is 23.3. The molecule has 0 aliphatic carbocycles. The molecule has 0 spiro atoms. The molecule has 0 rings (SSSR count). The highest BCUT2D eigenvalue weighted by atomic mass is 31.2. The second-order valence-corrected chi connectivity index (χ2v) is 23.2. The van der Waals surface area contributed by atoms with Crippen LogP contribution >= 0.6 is 7.82 Å². The number of nitrogens with zero attached hydrogens (tertiary/aromatic N) is 1. The lowest BCUT2D eigenvalue weighted by atomic mass is 10.0. The Morgan fingerprint density at radius 3 is 1.16 bits per heavy atom. The van der Waals surface area contributed by atoms with Gasteiger partial charge in [-0.25, -0.2) is 4.57 Å². The molecular formula is C60H118N2O6P+. The molecule has 0 aliphatic heterocycles. The Bertz CT molecular complexity index is 1220. The van der Waals surface area contributed by atoms with Gasteiger partial charge in [0, 0.05) is 6.42 Å². The lowest BCUT2D eigenvalue weighted by molar-refractivity contribution is -0.870. The first kappa shape index (κ1) is 67.7. The Hall–Kier alpha value is -1.28. The molecule has 0 aliphatic rings. The number of carbonyl (C=O) groups is 1. The van der Waals surface area contributed by atoms with E-state index in [-0.39, 0.29) is 19.1 Å². The van der Waals surface area contributed by atoms with E-state index >= 15 is 0 Å². The maximum absolute atomic E-state index is 13.0. The Morgan fingerprint density at radius 1 is 0.478 bits per heavy atom. The summed E-state index contributed by atoms with van der Waals surface area (Å²) in [5.41, 5.74) is 0. The van der Waals surface area contributed by atoms with Crippen molar-refractivity contribution in [3.05, 3.63) is 36.5 Å². The van der Waals surface area contributed by atoms with Gasteiger partial charge in [-0.3, -0.25) is 13.8 Å². The van der Waals surface area contributed by atoms with Gasteiger partial charge in [-0.05, 0) is 44.9 Å². The van der Waals surface area contributed by atoms with Gasteiger partial charge in [0.25, 0.3) is 0 Å². The third-order valence-corrected chi connectivity index (χ3v) is 14.6. The standard InChI is InChI=1S/C60H117N2O6P/c1-6-8-10-12-14-16-18-20-22-24-26-28-30-31-32-33-35-37-39-41-43-45-47-49-51-53-59(63)58(57-68-69(65,66)67-56-55-62(3,4)5)61-60(64)54-52-50-48-46-44-42-40-38-36-34-29-27-25-23-21-19-17-15-13-11-9-7-2/h35,37,43,45,51,53,58-59,63H,6-34,36,38-42,44,46-50,52,54-57H2,1-5H3,(H-,61,64,65,66)/p+1/b37-35+,45-43+,53-51+. The summed E-state index contributed by atoms with van der Waals surface area (Å²) in [5.74, 6) is -0.185. The molecular weight excluding hydrogens is 876 g/mol. The molecule has 0 fully saturated rings. The van der Waals surface area contributed by atoms with Crippen molar-refractivity contribution in [1.82, 2.24) is 5.32 Å². The third-order valence-electron chi connectivity index (χ3n) is 13.6. The Balaban J connectivity index is 4.25. The first-order valence-electron chi connectivity index (χ1n) is 29.9. The Morgan fingerprint density at radius 2 is 0.797 bits per heavy atom. The maximum Gasteiger partial charge on any atom is 0.472 e. The highest BCUT2D eigenvalue weighted by molar-refractivity contribution is 7.47. The number of phosphoric acid groups is 1. The first-order chi connectivity index (χ1) is 33.5. The van der Waals surface area contributed by atoms with Crippen molar-refractivity contribution in [2.24, 2.45) is 0 Å². The predicted octanol–water partition coefficient (Wildman–Crippen LogP) is 18.2. The van der Waals surface area contributed by atoms with Gasteiger partial charge in [0.2, 0.25) is 5.91 Å². The normalized spacial score (nSPS) is 14.1. The Labute approximate surface area is 429 Å². The smallest absolute Gasteiger partial charge is 0.387 e. The van der Waals surface area contributed by atoms with Crippen molar-refractivity contribution >= 4 is 13.7 Å². The molecule has 9 heteroatoms. The number of nitrogens with one attached hydrogen (secondary N) is 1. The summed E-state index contributed by atoms with van der Waals surface area (Å²) in [6.07, 6.45) is 66.9. The summed E-state index contributed by atoms with van der Waals surface area (Å²) in [6.45, 7) is 4.83. The molecule has 0 radical (unpaired) electrons. The lowest BCUT2D eigenvalue weighted by Gasteiger charge is -2.25. The minimum atomic E-state index is -4.36. The molecule has 0 aromatic carbocycles. The average Bonchev–Trinajstić information content (AvgIpc) is 3.31. The highest BCUT2D eigenvalue weighted by Crippen LogP contribution is 2.43. The molecule has 0 saturated heterocycles. The lowest BCUT2D eigenvalue weighted by Crippen LogP contribution is -2.45. The van der Waals surface area contributed by atoms with E-state index in [4.69, 9.17) is 9.05 Å². The highest BCUT2D eigenvalue weighted by Gasteiger charge is 2.27. The van der Waals surface area contributed by atoms with Gasteiger partial charge in [-0.2, -0.15) is 0 Å². The molecule has 3 atom stereocenters. The van der Waals surface area contributed by atoms with Crippen molar-refractivity contribution in [2.45, 2.75) is 302 Å². The number of carbonyl (C=O) groups excluding carboxylic acids is 1. The van der Waals surface area contributed by atoms with Crippen LogP contribution in [0.3, 0.4) is 0 Å². The molecule has 3 N–H and O–H groups in total. The second kappa shape index (κ2) is 51.6. The number of aliphatic hydroxyl groups is 1. The van der Waals surface area contributed by atoms with E-state index < -0.39 is 20.0 Å². The summed E-state index contributed by atoms with van der Waals surface area (Å²) in [6, 6.07) is -0.868. The quantitative estimate of drug-likeness (QED) is 0.0243. The topological polar surface area (TPSA) is 105 Å². The van der Waals surface area contributed by atoms with Gasteiger partial charge in [0.1, 0.15) is 13.2 Å². The fourth-order valence-electron chi connectivity index (χ4n) is 8.90. The van der Waals surface area contributed by atoms with E-state index in [1.54, 1.807) is 6.08 Å². The van der Waals surface area contributed by atoms with Gasteiger partial charge in [-0.1, -0.05) is 275 Å². The van der Waals surface area contributed by atoms with Crippen molar-refractivity contribution in [1.29, 1.82) is 0 Å². The summed E-state index contributed by atoms with van der Waals surface area (Å²) < 4.78 is 23.7. The number of hydrogen-bond donors (Lipinski definition) is 3. The van der Waals surface area contributed by atoms with Gasteiger partial charge in [0.05, 0.1) is 39.9 Å². The number of quaternary nitrogens is 1. The van der Waals surface area contributed by atoms with E-state index in [9.17, 15) is 19.4 Å². The minimum absolute atomic E-state index is 0.0552. The number of unbranched alkanes of at least 4 members (excludes halogenated alkanes) is 38. The van der Waals surface area contributed by atoms with Crippen LogP contribution in [-0.2, 0) is 18.4 Å². The number of aliphatic hydroxyl groups excluding tert-OH is 1. The molecule has 3 unspecified atom stereocenters. The van der Waals surface area contributed by atoms with E-state index in [0.29, 0.717) is 17.4 Å². The predicted molar refractivity (Wildman–Crippen MR) is 300 cm³/mol. The van der Waals surface area contributed by atoms with Crippen LogP contribution in [0.5, 0.6) is 0 Å². The zero-order chi connectivity index (χ0) is 50.6. The summed E-state index contributed by atoms with van der Waals surface area (Å²) in [5, 5.41) is 13.9. The van der Waals surface area contributed by atoms with Gasteiger partial charge < -0.3 is 19.8 Å². The van der Waals surface area contributed by atoms with Crippen LogP contribution in [0, 0.1) is 0 Å². The van der Waals surface area contributed by atoms with Crippen molar-refractivity contribution in [3.8, 4) is 0 Å². The van der Waals surface area contributed by atoms with E-state index in [1.165, 1.54) is 225 Å². The van der Waals surface area contributed by atoms with Crippen LogP contribution in [0.1, 0.15) is 290 Å². The number of likely N-dealkylation sites (N-methyl/N-ethyl adjacent to an activating group) is 1. The fourth-order valence-corrected chi connectivity index (χ4v) is 9.64. The molecule has 69 heavy (non-hydrogen) atoms. The number of hydrogen-bond acceptors (Lipinski definition) is 5. The monoisotopic (exact) mass is 994 g/mol. The molecule has 0 aromatic rings. The summed E-state index contributed by atoms with van der Waals surface area (Å²) in [7, 11) is 1.56. The molecule has 1 amide bonds. The van der Waals surface area contributed by atoms with Crippen LogP contribution in [0.25, 0.3) is 0 Å². The van der Waals surface area contributed by atoms with Gasteiger partial charge in [0.15, 0.2) is 0 Å². The molecule has 0 saturated carbocycles. The largest absolute Gasteiger partial charge is 0.472 e. The van der Waals surface area contributed by atoms with Crippen molar-refractivity contribution in [2.75, 3.05) is 40.9 Å². The molecule has 8 nitrogen and oxygen atoms in total. The van der Waals surface area contributed by atoms with Crippen molar-refractivity contribution < 1.29 is 32.9 Å². The first-order valence-corrected chi connectivity index (χ1v) is 31.4. The van der Waals surface area contributed by atoms with E-state index in [0.717, 1.165) is 44.9 Å². The molecule has 0 aromatic heterocycles. The minimum Gasteiger partial charge on any atom is -0.387 e. The fraction of sp³-hybridized carbons (Fsp3) is 0.883. The van der Waals surface area contributed by atoms with Crippen LogP contribution in [0.4, 0.5) is 0 Å². The second-order valence-electron chi connectivity index (χ2n) is 21.7. The van der Waals surface area contributed by atoms with Gasteiger partial charge >= 0.3 is 7.82 Å². The van der Waals surface area contributed by atoms with Crippen LogP contribution in [0.2, 0.25) is 0 Å². The van der Waals surface area contributed by atoms with Crippen LogP contribution in [-0.4, -0.2) is 73.4 Å². The molecule has 0 bridgehead atoms. The Kier molecular flexibility index (Phi) is 50.7. The van der Waals surface area contributed by atoms with Gasteiger partial charge in [-0.15, -0.1) is 0 Å². The van der Waals surface area contributed by atoms with Crippen LogP contribution < -0.4 is 5.32 Å². The zero-order valence-corrected chi connectivity index (χ0v) is 47.5. The third kappa shape index (κ3) is 54.3.